The van der Waals surface area contributed by atoms with E-state index in [0.29, 0.717) is 5.57 Å². The van der Waals surface area contributed by atoms with Gasteiger partial charge < -0.3 is 10.6 Å². The summed E-state index contributed by atoms with van der Waals surface area (Å²) in [4.78, 5) is 16.3. The summed E-state index contributed by atoms with van der Waals surface area (Å²) in [5, 5.41) is 6.58. The molecule has 1 unspecified atom stereocenters. The lowest BCUT2D eigenvalue weighted by molar-refractivity contribution is -0.113. The van der Waals surface area contributed by atoms with E-state index in [2.05, 4.69) is 15.6 Å². The number of para-hydroxylation sites is 2. The second-order valence-electron chi connectivity index (χ2n) is 4.68. The third kappa shape index (κ3) is 2.28. The summed E-state index contributed by atoms with van der Waals surface area (Å²) in [5.74, 6) is 0.0217. The van der Waals surface area contributed by atoms with Crippen molar-refractivity contribution < 1.29 is 4.79 Å². The van der Waals surface area contributed by atoms with Crippen LogP contribution in [0.1, 0.15) is 18.7 Å². The average Bonchev–Trinajstić information content (AvgIpc) is 2.67. The van der Waals surface area contributed by atoms with Crippen molar-refractivity contribution >= 4 is 17.2 Å². The zero-order valence-corrected chi connectivity index (χ0v) is 11.1. The number of pyridine rings is 1. The second-order valence-corrected chi connectivity index (χ2v) is 4.68. The smallest absolute Gasteiger partial charge is 0.159 e. The summed E-state index contributed by atoms with van der Waals surface area (Å²) in [5.41, 5.74) is 3.40. The van der Waals surface area contributed by atoms with Crippen molar-refractivity contribution in [2.45, 2.75) is 13.0 Å². The van der Waals surface area contributed by atoms with E-state index in [1.54, 1.807) is 19.3 Å². The van der Waals surface area contributed by atoms with Crippen molar-refractivity contribution in [1.29, 1.82) is 0 Å². The van der Waals surface area contributed by atoms with Crippen LogP contribution in [0.3, 0.4) is 0 Å². The molecule has 1 aliphatic heterocycles. The number of carbonyl (C=O) groups excluding carboxylic acids is 1. The lowest BCUT2D eigenvalue weighted by Crippen LogP contribution is -2.18. The van der Waals surface area contributed by atoms with Crippen LogP contribution in [0.4, 0.5) is 11.4 Å². The van der Waals surface area contributed by atoms with E-state index in [1.165, 1.54) is 0 Å². The van der Waals surface area contributed by atoms with Gasteiger partial charge in [0.05, 0.1) is 23.1 Å². The summed E-state index contributed by atoms with van der Waals surface area (Å²) in [7, 11) is 0. The number of carbonyl (C=O) groups is 1. The summed E-state index contributed by atoms with van der Waals surface area (Å²) < 4.78 is 0. The highest BCUT2D eigenvalue weighted by molar-refractivity contribution is 5.96. The molecule has 4 nitrogen and oxygen atoms in total. The lowest BCUT2D eigenvalue weighted by atomic mass is 10.0. The van der Waals surface area contributed by atoms with Gasteiger partial charge in [-0.2, -0.15) is 0 Å². The summed E-state index contributed by atoms with van der Waals surface area (Å²) in [6.45, 7) is 1.57. The Balaban J connectivity index is 2.07. The van der Waals surface area contributed by atoms with Gasteiger partial charge in [0.1, 0.15) is 0 Å². The highest BCUT2D eigenvalue weighted by Crippen LogP contribution is 2.33. The normalized spacial score (nSPS) is 17.1. The van der Waals surface area contributed by atoms with Crippen molar-refractivity contribution in [3.05, 3.63) is 66.1 Å². The molecule has 100 valence electrons. The largest absolute Gasteiger partial charge is 0.371 e. The van der Waals surface area contributed by atoms with Crippen LogP contribution in [0.15, 0.2) is 60.4 Å². The van der Waals surface area contributed by atoms with Crippen molar-refractivity contribution in [1.82, 2.24) is 4.98 Å². The molecule has 0 bridgehead atoms. The van der Waals surface area contributed by atoms with E-state index < -0.39 is 0 Å². The van der Waals surface area contributed by atoms with E-state index in [-0.39, 0.29) is 11.8 Å². The zero-order chi connectivity index (χ0) is 13.9. The SMILES string of the molecule is CC(=O)C1=CNc2ccccc2NC1c1ccccn1. The molecule has 0 fully saturated rings. The summed E-state index contributed by atoms with van der Waals surface area (Å²) in [6.07, 6.45) is 3.50. The Labute approximate surface area is 117 Å². The van der Waals surface area contributed by atoms with Gasteiger partial charge in [-0.05, 0) is 31.2 Å². The molecule has 2 aromatic rings. The standard InChI is InChI=1S/C16H15N3O/c1-11(20)12-10-18-13-6-2-3-7-14(13)19-16(12)15-8-4-5-9-17-15/h2-10,16,18-19H,1H3. The minimum absolute atomic E-state index is 0.0217. The third-order valence-electron chi connectivity index (χ3n) is 3.31. The van der Waals surface area contributed by atoms with Crippen molar-refractivity contribution in [2.75, 3.05) is 10.6 Å². The number of Topliss-reactive ketones (excluding diaryl/α,β-unsaturated/α-hetero) is 1. The number of fused-ring (bicyclic) bond motifs is 1. The first-order chi connectivity index (χ1) is 9.75. The summed E-state index contributed by atoms with van der Waals surface area (Å²) in [6, 6.07) is 13.3. The first-order valence-electron chi connectivity index (χ1n) is 6.50. The Kier molecular flexibility index (Phi) is 3.21. The summed E-state index contributed by atoms with van der Waals surface area (Å²) >= 11 is 0. The molecule has 20 heavy (non-hydrogen) atoms. The molecular formula is C16H15N3O. The van der Waals surface area contributed by atoms with Gasteiger partial charge >= 0.3 is 0 Å². The zero-order valence-electron chi connectivity index (χ0n) is 11.1. The fourth-order valence-corrected chi connectivity index (χ4v) is 2.29. The maximum absolute atomic E-state index is 11.9. The van der Waals surface area contributed by atoms with Crippen LogP contribution in [0.5, 0.6) is 0 Å². The van der Waals surface area contributed by atoms with Crippen LogP contribution in [-0.2, 0) is 4.79 Å². The Morgan fingerprint density at radius 3 is 2.55 bits per heavy atom. The molecule has 1 aliphatic rings. The van der Waals surface area contributed by atoms with E-state index in [1.807, 2.05) is 42.5 Å². The van der Waals surface area contributed by atoms with Gasteiger partial charge in [0.25, 0.3) is 0 Å². The molecule has 2 N–H and O–H groups in total. The molecule has 0 amide bonds. The molecule has 0 radical (unpaired) electrons. The van der Waals surface area contributed by atoms with Crippen LogP contribution in [0, 0.1) is 0 Å². The number of nitrogens with zero attached hydrogens (tertiary/aromatic N) is 1. The van der Waals surface area contributed by atoms with Crippen LogP contribution in [-0.4, -0.2) is 10.8 Å². The fourth-order valence-electron chi connectivity index (χ4n) is 2.29. The Morgan fingerprint density at radius 2 is 1.85 bits per heavy atom. The number of hydrogen-bond donors (Lipinski definition) is 2. The van der Waals surface area contributed by atoms with Crippen LogP contribution in [0.2, 0.25) is 0 Å². The van der Waals surface area contributed by atoms with Crippen molar-refractivity contribution in [3.63, 3.8) is 0 Å². The third-order valence-corrected chi connectivity index (χ3v) is 3.31. The van der Waals surface area contributed by atoms with E-state index >= 15 is 0 Å². The average molecular weight is 265 g/mol. The van der Waals surface area contributed by atoms with Gasteiger partial charge in [-0.3, -0.25) is 9.78 Å². The molecular weight excluding hydrogens is 250 g/mol. The molecule has 0 aliphatic carbocycles. The predicted molar refractivity (Wildman–Crippen MR) is 79.4 cm³/mol. The second kappa shape index (κ2) is 5.17. The van der Waals surface area contributed by atoms with Crippen molar-refractivity contribution in [3.8, 4) is 0 Å². The quantitative estimate of drug-likeness (QED) is 0.876. The maximum atomic E-state index is 11.9. The molecule has 0 spiro atoms. The Hall–Kier alpha value is -2.62. The Bertz CT molecular complexity index is 664. The van der Waals surface area contributed by atoms with Gasteiger partial charge in [0.2, 0.25) is 0 Å². The number of anilines is 2. The lowest BCUT2D eigenvalue weighted by Gasteiger charge is -2.19. The minimum Gasteiger partial charge on any atom is -0.371 e. The monoisotopic (exact) mass is 265 g/mol. The number of aromatic nitrogens is 1. The highest BCUT2D eigenvalue weighted by Gasteiger charge is 2.24. The molecule has 4 heteroatoms. The predicted octanol–water partition coefficient (Wildman–Crippen LogP) is 3.13. The van der Waals surface area contributed by atoms with Crippen molar-refractivity contribution in [2.24, 2.45) is 0 Å². The highest BCUT2D eigenvalue weighted by atomic mass is 16.1. The molecule has 3 rings (SSSR count). The van der Waals surface area contributed by atoms with Gasteiger partial charge in [-0.25, -0.2) is 0 Å². The molecule has 0 saturated carbocycles. The maximum Gasteiger partial charge on any atom is 0.159 e. The topological polar surface area (TPSA) is 54.0 Å². The molecule has 0 saturated heterocycles. The van der Waals surface area contributed by atoms with E-state index in [9.17, 15) is 4.79 Å². The van der Waals surface area contributed by atoms with Gasteiger partial charge in [0, 0.05) is 18.0 Å². The number of nitrogens with one attached hydrogen (secondary N) is 2. The van der Waals surface area contributed by atoms with Crippen LogP contribution >= 0.6 is 0 Å². The van der Waals surface area contributed by atoms with E-state index in [4.69, 9.17) is 0 Å². The molecule has 1 atom stereocenters. The number of rotatable bonds is 2. The number of hydrogen-bond acceptors (Lipinski definition) is 4. The van der Waals surface area contributed by atoms with Crippen LogP contribution in [0.25, 0.3) is 0 Å². The molecule has 2 heterocycles. The van der Waals surface area contributed by atoms with Crippen LogP contribution < -0.4 is 10.6 Å². The molecule has 1 aromatic carbocycles. The molecule has 1 aromatic heterocycles. The van der Waals surface area contributed by atoms with Gasteiger partial charge in [-0.1, -0.05) is 18.2 Å². The first kappa shape index (κ1) is 12.4. The van der Waals surface area contributed by atoms with Gasteiger partial charge in [-0.15, -0.1) is 0 Å². The van der Waals surface area contributed by atoms with E-state index in [0.717, 1.165) is 17.1 Å². The first-order valence-corrected chi connectivity index (χ1v) is 6.50. The number of benzene rings is 1. The number of ketones is 1. The Morgan fingerprint density at radius 1 is 1.10 bits per heavy atom. The minimum atomic E-state index is -0.246. The van der Waals surface area contributed by atoms with Gasteiger partial charge in [0.15, 0.2) is 5.78 Å². The fraction of sp³-hybridized carbons (Fsp3) is 0.125.